The van der Waals surface area contributed by atoms with Gasteiger partial charge in [0.1, 0.15) is 17.4 Å². The van der Waals surface area contributed by atoms with Crippen molar-refractivity contribution in [2.75, 3.05) is 5.32 Å². The number of carbonyl (C=O) groups is 1. The number of pyridine rings is 2. The van der Waals surface area contributed by atoms with Gasteiger partial charge in [0.05, 0.1) is 11.1 Å². The largest absolute Gasteiger partial charge is 0.438 e. The molecule has 0 saturated carbocycles. The Kier molecular flexibility index (Phi) is 5.21. The Bertz CT molecular complexity index is 1420. The number of fused-ring (bicyclic) bond motifs is 1. The number of nitrogens with zero attached hydrogens (tertiary/aromatic N) is 3. The molecule has 2 heterocycles. The van der Waals surface area contributed by atoms with Crippen molar-refractivity contribution in [3.05, 3.63) is 93.9 Å². The summed E-state index contributed by atoms with van der Waals surface area (Å²) in [5.41, 5.74) is 2.41. The minimum absolute atomic E-state index is 0.216. The monoisotopic (exact) mass is 410 g/mol. The van der Waals surface area contributed by atoms with Gasteiger partial charge in [-0.2, -0.15) is 5.26 Å². The van der Waals surface area contributed by atoms with E-state index in [-0.39, 0.29) is 17.3 Å². The van der Waals surface area contributed by atoms with Crippen LogP contribution in [-0.4, -0.2) is 15.5 Å². The Morgan fingerprint density at radius 3 is 2.71 bits per heavy atom. The lowest BCUT2D eigenvalue weighted by Crippen LogP contribution is -2.21. The van der Waals surface area contributed by atoms with Crippen LogP contribution in [0, 0.1) is 18.3 Å². The van der Waals surface area contributed by atoms with E-state index in [4.69, 9.17) is 4.74 Å². The maximum atomic E-state index is 13.0. The molecule has 7 nitrogen and oxygen atoms in total. The predicted octanol–water partition coefficient (Wildman–Crippen LogP) is 4.16. The van der Waals surface area contributed by atoms with Crippen molar-refractivity contribution in [1.29, 1.82) is 5.26 Å². The zero-order valence-electron chi connectivity index (χ0n) is 16.9. The molecule has 0 fully saturated rings. The van der Waals surface area contributed by atoms with Crippen LogP contribution in [0.25, 0.3) is 10.9 Å². The maximum Gasteiger partial charge on any atom is 0.256 e. The van der Waals surface area contributed by atoms with Crippen LogP contribution in [-0.2, 0) is 7.05 Å². The molecule has 1 amide bonds. The number of carbonyl (C=O) groups excluding carboxylic acids is 1. The summed E-state index contributed by atoms with van der Waals surface area (Å²) in [4.78, 5) is 29.3. The first-order valence-corrected chi connectivity index (χ1v) is 9.51. The van der Waals surface area contributed by atoms with Crippen molar-refractivity contribution in [3.63, 3.8) is 0 Å². The second-order valence-corrected chi connectivity index (χ2v) is 6.97. The molecule has 0 spiro atoms. The Labute approximate surface area is 178 Å². The van der Waals surface area contributed by atoms with E-state index in [0.717, 1.165) is 5.56 Å². The van der Waals surface area contributed by atoms with Gasteiger partial charge in [0, 0.05) is 30.4 Å². The first kappa shape index (κ1) is 19.9. The molecule has 2 aromatic heterocycles. The van der Waals surface area contributed by atoms with E-state index in [1.807, 2.05) is 31.2 Å². The zero-order chi connectivity index (χ0) is 22.0. The highest BCUT2D eigenvalue weighted by molar-refractivity contribution is 6.12. The molecular formula is C24H18N4O3. The Balaban J connectivity index is 1.62. The number of anilines is 1. The van der Waals surface area contributed by atoms with E-state index < -0.39 is 0 Å². The van der Waals surface area contributed by atoms with Crippen LogP contribution in [0.2, 0.25) is 0 Å². The lowest BCUT2D eigenvalue weighted by molar-refractivity contribution is 0.102. The van der Waals surface area contributed by atoms with E-state index in [0.29, 0.717) is 33.5 Å². The highest BCUT2D eigenvalue weighted by atomic mass is 16.5. The lowest BCUT2D eigenvalue weighted by atomic mass is 10.1. The Morgan fingerprint density at radius 1 is 1.13 bits per heavy atom. The summed E-state index contributed by atoms with van der Waals surface area (Å²) < 4.78 is 7.23. The number of hydrogen-bond donors (Lipinski definition) is 1. The predicted molar refractivity (Wildman–Crippen MR) is 117 cm³/mol. The Morgan fingerprint density at radius 2 is 1.94 bits per heavy atom. The van der Waals surface area contributed by atoms with Crippen molar-refractivity contribution in [3.8, 4) is 17.7 Å². The van der Waals surface area contributed by atoms with Crippen molar-refractivity contribution >= 4 is 22.5 Å². The molecule has 31 heavy (non-hydrogen) atoms. The van der Waals surface area contributed by atoms with Gasteiger partial charge in [-0.15, -0.1) is 0 Å². The molecule has 4 rings (SSSR count). The smallest absolute Gasteiger partial charge is 0.256 e. The number of para-hydroxylation sites is 1. The number of benzene rings is 2. The molecule has 0 bridgehead atoms. The summed E-state index contributed by atoms with van der Waals surface area (Å²) in [5, 5.41) is 12.7. The normalized spacial score (nSPS) is 10.5. The second kappa shape index (κ2) is 8.13. The minimum Gasteiger partial charge on any atom is -0.438 e. The molecule has 4 aromatic rings. The molecule has 0 aliphatic heterocycles. The van der Waals surface area contributed by atoms with Crippen molar-refractivity contribution in [2.45, 2.75) is 6.92 Å². The number of aryl methyl sites for hydroxylation is 2. The summed E-state index contributed by atoms with van der Waals surface area (Å²) >= 11 is 0. The molecule has 0 aliphatic rings. The number of ether oxygens (including phenoxy) is 1. The average Bonchev–Trinajstić information content (AvgIpc) is 2.78. The van der Waals surface area contributed by atoms with E-state index >= 15 is 0 Å². The number of nitrogens with one attached hydrogen (secondary N) is 1. The van der Waals surface area contributed by atoms with Gasteiger partial charge in [-0.3, -0.25) is 9.59 Å². The third-order valence-electron chi connectivity index (χ3n) is 4.95. The van der Waals surface area contributed by atoms with Crippen LogP contribution in [0.4, 0.5) is 5.69 Å². The van der Waals surface area contributed by atoms with Gasteiger partial charge in [0.25, 0.3) is 11.5 Å². The molecule has 0 unspecified atom stereocenters. The topological polar surface area (TPSA) is 97.0 Å². The summed E-state index contributed by atoms with van der Waals surface area (Å²) in [5.74, 6) is 0.333. The van der Waals surface area contributed by atoms with E-state index in [1.165, 1.54) is 10.6 Å². The summed E-state index contributed by atoms with van der Waals surface area (Å²) in [7, 11) is 1.68. The fourth-order valence-electron chi connectivity index (χ4n) is 3.30. The van der Waals surface area contributed by atoms with Crippen LogP contribution in [0.15, 0.2) is 71.7 Å². The number of aromatic nitrogens is 2. The fraction of sp³-hybridized carbons (Fsp3) is 0.0833. The molecular weight excluding hydrogens is 392 g/mol. The molecule has 1 N–H and O–H groups in total. The SMILES string of the molecule is Cc1cc(Oc2ncccc2C#N)ccc1NC(=O)c1cc(=O)n(C)c2ccccc12. The van der Waals surface area contributed by atoms with Crippen molar-refractivity contribution in [1.82, 2.24) is 9.55 Å². The van der Waals surface area contributed by atoms with E-state index in [2.05, 4.69) is 10.3 Å². The first-order valence-electron chi connectivity index (χ1n) is 9.51. The summed E-state index contributed by atoms with van der Waals surface area (Å²) in [6.45, 7) is 1.83. The number of hydrogen-bond acceptors (Lipinski definition) is 5. The third kappa shape index (κ3) is 3.87. The highest BCUT2D eigenvalue weighted by Gasteiger charge is 2.15. The number of amides is 1. The van der Waals surface area contributed by atoms with Gasteiger partial charge in [0.15, 0.2) is 0 Å². The maximum absolute atomic E-state index is 13.0. The van der Waals surface area contributed by atoms with Crippen LogP contribution in [0.3, 0.4) is 0 Å². The van der Waals surface area contributed by atoms with E-state index in [9.17, 15) is 14.9 Å². The van der Waals surface area contributed by atoms with Crippen LogP contribution in [0.5, 0.6) is 11.6 Å². The van der Waals surface area contributed by atoms with Crippen molar-refractivity contribution in [2.24, 2.45) is 7.05 Å². The second-order valence-electron chi connectivity index (χ2n) is 6.97. The minimum atomic E-state index is -0.373. The lowest BCUT2D eigenvalue weighted by Gasteiger charge is -2.13. The molecule has 0 radical (unpaired) electrons. The van der Waals surface area contributed by atoms with Gasteiger partial charge in [-0.05, 0) is 48.9 Å². The number of rotatable bonds is 4. The first-order chi connectivity index (χ1) is 15.0. The van der Waals surface area contributed by atoms with Crippen LogP contribution < -0.4 is 15.6 Å². The molecule has 0 saturated heterocycles. The molecule has 0 atom stereocenters. The van der Waals surface area contributed by atoms with Gasteiger partial charge >= 0.3 is 0 Å². The van der Waals surface area contributed by atoms with Gasteiger partial charge in [0.2, 0.25) is 5.88 Å². The van der Waals surface area contributed by atoms with Gasteiger partial charge in [-0.1, -0.05) is 18.2 Å². The van der Waals surface area contributed by atoms with Gasteiger partial charge < -0.3 is 14.6 Å². The third-order valence-corrected chi connectivity index (χ3v) is 4.95. The highest BCUT2D eigenvalue weighted by Crippen LogP contribution is 2.27. The summed E-state index contributed by atoms with van der Waals surface area (Å²) in [6, 6.07) is 19.1. The summed E-state index contributed by atoms with van der Waals surface area (Å²) in [6.07, 6.45) is 1.55. The zero-order valence-corrected chi connectivity index (χ0v) is 16.9. The quantitative estimate of drug-likeness (QED) is 0.545. The molecule has 152 valence electrons. The average molecular weight is 410 g/mol. The van der Waals surface area contributed by atoms with Crippen molar-refractivity contribution < 1.29 is 9.53 Å². The van der Waals surface area contributed by atoms with Gasteiger partial charge in [-0.25, -0.2) is 4.98 Å². The van der Waals surface area contributed by atoms with E-state index in [1.54, 1.807) is 49.6 Å². The molecule has 0 aliphatic carbocycles. The standard InChI is InChI=1S/C24H18N4O3/c1-15-12-17(31-24-16(14-25)6-5-11-26-24)9-10-20(15)27-23(30)19-13-22(29)28(2)21-8-4-3-7-18(19)21/h3-13H,1-2H3,(H,27,30). The molecule has 7 heteroatoms. The number of nitriles is 1. The fourth-order valence-corrected chi connectivity index (χ4v) is 3.30. The van der Waals surface area contributed by atoms with Crippen LogP contribution >= 0.6 is 0 Å². The van der Waals surface area contributed by atoms with Crippen LogP contribution in [0.1, 0.15) is 21.5 Å². The Hall–Kier alpha value is -4.44. The molecule has 2 aromatic carbocycles.